The van der Waals surface area contributed by atoms with Crippen molar-refractivity contribution >= 4 is 27.5 Å². The van der Waals surface area contributed by atoms with E-state index in [1.165, 1.54) is 4.31 Å². The number of nitrogens with one attached hydrogen (secondary N) is 1. The van der Waals surface area contributed by atoms with Gasteiger partial charge in [0, 0.05) is 32.1 Å². The third-order valence-electron chi connectivity index (χ3n) is 6.33. The molecule has 0 aliphatic carbocycles. The first-order valence-electron chi connectivity index (χ1n) is 12.6. The van der Waals surface area contributed by atoms with E-state index in [1.807, 2.05) is 45.0 Å². The molecule has 0 saturated carbocycles. The number of carbonyl (C=O) groups excluding carboxylic acids is 2. The van der Waals surface area contributed by atoms with Crippen molar-refractivity contribution < 1.29 is 27.5 Å². The van der Waals surface area contributed by atoms with Crippen LogP contribution >= 0.6 is 0 Å². The first-order chi connectivity index (χ1) is 17.7. The Morgan fingerprint density at radius 3 is 2.49 bits per heavy atom. The summed E-state index contributed by atoms with van der Waals surface area (Å²) in [5, 5.41) is 2.91. The maximum atomic E-state index is 13.5. The number of aryl methyl sites for hydroxylation is 1. The molecule has 0 fully saturated rings. The van der Waals surface area contributed by atoms with Crippen molar-refractivity contribution in [2.45, 2.75) is 59.0 Å². The van der Waals surface area contributed by atoms with E-state index in [0.717, 1.165) is 23.8 Å². The maximum absolute atomic E-state index is 13.5. The van der Waals surface area contributed by atoms with Crippen LogP contribution in [0.15, 0.2) is 42.5 Å². The number of nitrogens with zero attached hydrogens (tertiary/aromatic N) is 2. The van der Waals surface area contributed by atoms with E-state index < -0.39 is 16.1 Å². The van der Waals surface area contributed by atoms with Gasteiger partial charge in [0.15, 0.2) is 11.5 Å². The van der Waals surface area contributed by atoms with Crippen LogP contribution in [0.4, 0.5) is 5.69 Å². The van der Waals surface area contributed by atoms with Crippen molar-refractivity contribution in [2.75, 3.05) is 30.4 Å². The number of hydrogen-bond donors (Lipinski definition) is 1. The van der Waals surface area contributed by atoms with Crippen LogP contribution in [0.25, 0.3) is 0 Å². The highest BCUT2D eigenvalue weighted by molar-refractivity contribution is 7.92. The lowest BCUT2D eigenvalue weighted by atomic mass is 10.1. The number of carbonyl (C=O) groups is 2. The number of rotatable bonds is 13. The Labute approximate surface area is 219 Å². The van der Waals surface area contributed by atoms with Crippen LogP contribution in [0.5, 0.6) is 11.5 Å². The topological polar surface area (TPSA) is 105 Å². The summed E-state index contributed by atoms with van der Waals surface area (Å²) in [5.74, 6) is 0.673. The van der Waals surface area contributed by atoms with Crippen LogP contribution in [-0.2, 0) is 26.2 Å². The highest BCUT2D eigenvalue weighted by Gasteiger charge is 2.29. The van der Waals surface area contributed by atoms with Crippen molar-refractivity contribution in [2.24, 2.45) is 0 Å². The molecule has 3 rings (SSSR count). The van der Waals surface area contributed by atoms with Gasteiger partial charge >= 0.3 is 0 Å². The van der Waals surface area contributed by atoms with Crippen molar-refractivity contribution in [3.63, 3.8) is 0 Å². The second kappa shape index (κ2) is 12.8. The van der Waals surface area contributed by atoms with E-state index >= 15 is 0 Å². The molecule has 2 aromatic carbocycles. The lowest BCUT2D eigenvalue weighted by molar-refractivity contribution is -0.141. The first-order valence-corrected chi connectivity index (χ1v) is 14.5. The van der Waals surface area contributed by atoms with E-state index in [-0.39, 0.29) is 38.0 Å². The maximum Gasteiger partial charge on any atom is 0.242 e. The Morgan fingerprint density at radius 2 is 1.81 bits per heavy atom. The minimum absolute atomic E-state index is 0.0906. The molecule has 0 saturated heterocycles. The van der Waals surface area contributed by atoms with E-state index in [0.29, 0.717) is 36.7 Å². The summed E-state index contributed by atoms with van der Waals surface area (Å²) < 4.78 is 37.1. The number of fused-ring (bicyclic) bond motifs is 1. The monoisotopic (exact) mass is 531 g/mol. The Bertz CT molecular complexity index is 1200. The average Bonchev–Trinajstić information content (AvgIpc) is 3.33. The van der Waals surface area contributed by atoms with Crippen LogP contribution < -0.4 is 19.1 Å². The summed E-state index contributed by atoms with van der Waals surface area (Å²) in [5.41, 5.74) is 2.45. The predicted octanol–water partition coefficient (Wildman–Crippen LogP) is 3.60. The van der Waals surface area contributed by atoms with Gasteiger partial charge < -0.3 is 19.7 Å². The smallest absolute Gasteiger partial charge is 0.242 e. The number of hydrogen-bond acceptors (Lipinski definition) is 6. The Morgan fingerprint density at radius 1 is 1.08 bits per heavy atom. The van der Waals surface area contributed by atoms with E-state index in [9.17, 15) is 18.0 Å². The molecule has 0 spiro atoms. The van der Waals surface area contributed by atoms with E-state index in [1.54, 1.807) is 23.1 Å². The zero-order valence-corrected chi connectivity index (χ0v) is 22.8. The normalized spacial score (nSPS) is 13.2. The molecule has 1 N–H and O–H groups in total. The second-order valence-electron chi connectivity index (χ2n) is 9.14. The van der Waals surface area contributed by atoms with Gasteiger partial charge in [0.25, 0.3) is 0 Å². The van der Waals surface area contributed by atoms with Gasteiger partial charge in [-0.1, -0.05) is 38.1 Å². The summed E-state index contributed by atoms with van der Waals surface area (Å²) in [6.07, 6.45) is 2.79. The lowest BCUT2D eigenvalue weighted by Crippen LogP contribution is -2.49. The molecule has 2 aromatic rings. The molecular formula is C27H37N3O6S. The third kappa shape index (κ3) is 7.38. The highest BCUT2D eigenvalue weighted by atomic mass is 32.2. The molecule has 202 valence electrons. The summed E-state index contributed by atoms with van der Waals surface area (Å²) in [4.78, 5) is 28.1. The zero-order chi connectivity index (χ0) is 27.0. The summed E-state index contributed by atoms with van der Waals surface area (Å²) in [7, 11) is -3.60. The second-order valence-corrected chi connectivity index (χ2v) is 11.0. The number of amides is 2. The molecule has 0 unspecified atom stereocenters. The zero-order valence-electron chi connectivity index (χ0n) is 22.0. The van der Waals surface area contributed by atoms with Gasteiger partial charge in [-0.15, -0.1) is 0 Å². The molecular weight excluding hydrogens is 494 g/mol. The van der Waals surface area contributed by atoms with Gasteiger partial charge in [-0.05, 0) is 49.4 Å². The fourth-order valence-electron chi connectivity index (χ4n) is 4.30. The van der Waals surface area contributed by atoms with Crippen LogP contribution in [0.2, 0.25) is 0 Å². The molecule has 0 radical (unpaired) electrons. The highest BCUT2D eigenvalue weighted by Crippen LogP contribution is 2.36. The SMILES string of the molecule is CCCNC(=O)[C@H](CC)N(Cc1ccccc1C)C(=O)CCCN(c1ccc2c(c1)OCO2)S(C)(=O)=O. The van der Waals surface area contributed by atoms with Crippen LogP contribution in [0.3, 0.4) is 0 Å². The van der Waals surface area contributed by atoms with Gasteiger partial charge in [-0.2, -0.15) is 0 Å². The molecule has 37 heavy (non-hydrogen) atoms. The summed E-state index contributed by atoms with van der Waals surface area (Å²) in [6.45, 7) is 6.90. The molecule has 1 heterocycles. The summed E-state index contributed by atoms with van der Waals surface area (Å²) >= 11 is 0. The molecule has 1 aliphatic rings. The number of benzene rings is 2. The minimum atomic E-state index is -3.60. The molecule has 9 nitrogen and oxygen atoms in total. The van der Waals surface area contributed by atoms with Crippen LogP contribution in [-0.4, -0.2) is 57.3 Å². The molecule has 1 aliphatic heterocycles. The van der Waals surface area contributed by atoms with Crippen molar-refractivity contribution in [1.82, 2.24) is 10.2 Å². The van der Waals surface area contributed by atoms with Crippen molar-refractivity contribution in [3.05, 3.63) is 53.6 Å². The van der Waals surface area contributed by atoms with Crippen LogP contribution in [0, 0.1) is 6.92 Å². The Balaban J connectivity index is 1.76. The quantitative estimate of drug-likeness (QED) is 0.423. The van der Waals surface area contributed by atoms with E-state index in [4.69, 9.17) is 9.47 Å². The number of sulfonamides is 1. The average molecular weight is 532 g/mol. The molecule has 1 atom stereocenters. The van der Waals surface area contributed by atoms with Gasteiger partial charge in [0.05, 0.1) is 11.9 Å². The van der Waals surface area contributed by atoms with Gasteiger partial charge in [-0.3, -0.25) is 13.9 Å². The van der Waals surface area contributed by atoms with Gasteiger partial charge in [0.1, 0.15) is 6.04 Å². The number of anilines is 1. The fourth-order valence-corrected chi connectivity index (χ4v) is 5.26. The molecule has 2 amide bonds. The standard InChI is InChI=1S/C27H37N3O6S/c1-5-15-28-27(32)23(6-2)29(18-21-11-8-7-10-20(21)3)26(31)12-9-16-30(37(4,33)34)22-13-14-24-25(17-22)36-19-35-24/h7-8,10-11,13-14,17,23H,5-6,9,12,15-16,18-19H2,1-4H3,(H,28,32)/t23-/m0/s1. The Kier molecular flexibility index (Phi) is 9.79. The molecule has 0 aromatic heterocycles. The lowest BCUT2D eigenvalue weighted by Gasteiger charge is -2.31. The summed E-state index contributed by atoms with van der Waals surface area (Å²) in [6, 6.07) is 12.1. The predicted molar refractivity (Wildman–Crippen MR) is 143 cm³/mol. The van der Waals surface area contributed by atoms with E-state index in [2.05, 4.69) is 5.32 Å². The van der Waals surface area contributed by atoms with Crippen molar-refractivity contribution in [1.29, 1.82) is 0 Å². The van der Waals surface area contributed by atoms with Gasteiger partial charge in [-0.25, -0.2) is 8.42 Å². The fraction of sp³-hybridized carbons (Fsp3) is 0.481. The minimum Gasteiger partial charge on any atom is -0.454 e. The van der Waals surface area contributed by atoms with Crippen molar-refractivity contribution in [3.8, 4) is 11.5 Å². The number of ether oxygens (including phenoxy) is 2. The van der Waals surface area contributed by atoms with Gasteiger partial charge in [0.2, 0.25) is 28.6 Å². The molecule has 0 bridgehead atoms. The Hall–Kier alpha value is -3.27. The third-order valence-corrected chi connectivity index (χ3v) is 7.53. The molecule has 10 heteroatoms. The van der Waals surface area contributed by atoms with Crippen LogP contribution in [0.1, 0.15) is 50.7 Å². The largest absolute Gasteiger partial charge is 0.454 e. The first kappa shape index (κ1) is 28.3.